The number of likely N-dealkylation sites (tertiary alicyclic amines) is 1. The van der Waals surface area contributed by atoms with Crippen molar-refractivity contribution in [3.05, 3.63) is 59.2 Å². The first-order valence-electron chi connectivity index (χ1n) is 12.2. The minimum absolute atomic E-state index is 0.0110. The molecule has 2 saturated heterocycles. The Morgan fingerprint density at radius 2 is 1.68 bits per heavy atom. The number of methoxy groups -OCH3 is 1. The lowest BCUT2D eigenvalue weighted by atomic mass is 10.0. The largest absolute Gasteiger partial charge is 0.496 e. The number of sulfonamides is 1. The summed E-state index contributed by atoms with van der Waals surface area (Å²) in [5.41, 5.74) is 2.20. The van der Waals surface area contributed by atoms with Crippen molar-refractivity contribution in [2.75, 3.05) is 39.8 Å². The number of benzene rings is 2. The van der Waals surface area contributed by atoms with Crippen molar-refractivity contribution in [3.63, 3.8) is 0 Å². The van der Waals surface area contributed by atoms with Crippen molar-refractivity contribution in [3.8, 4) is 5.75 Å². The van der Waals surface area contributed by atoms with E-state index >= 15 is 0 Å². The number of para-hydroxylation sites is 1. The zero-order valence-corrected chi connectivity index (χ0v) is 20.9. The number of piperidine rings is 1. The maximum atomic E-state index is 13.3. The minimum Gasteiger partial charge on any atom is -0.496 e. The molecule has 2 fully saturated rings. The molecular weight excluding hydrogens is 450 g/mol. The molecule has 184 valence electrons. The lowest BCUT2D eigenvalue weighted by Crippen LogP contribution is -2.37. The molecule has 2 aromatic rings. The van der Waals surface area contributed by atoms with Gasteiger partial charge < -0.3 is 10.1 Å². The average Bonchev–Trinajstić information content (AvgIpc) is 3.39. The second-order valence-electron chi connectivity index (χ2n) is 9.15. The van der Waals surface area contributed by atoms with E-state index in [1.807, 2.05) is 31.2 Å². The number of nitrogens with zero attached hydrogens (tertiary/aromatic N) is 2. The second kappa shape index (κ2) is 10.9. The molecule has 2 aromatic carbocycles. The monoisotopic (exact) mass is 485 g/mol. The summed E-state index contributed by atoms with van der Waals surface area (Å²) < 4.78 is 33.4. The van der Waals surface area contributed by atoms with Crippen molar-refractivity contribution in [2.45, 2.75) is 50.0 Å². The molecular formula is C26H35N3O4S. The Bertz CT molecular complexity index is 1110. The summed E-state index contributed by atoms with van der Waals surface area (Å²) in [5.74, 6) is 0.548. The molecule has 0 aromatic heterocycles. The molecule has 7 nitrogen and oxygen atoms in total. The van der Waals surface area contributed by atoms with E-state index in [2.05, 4.69) is 10.2 Å². The first-order valence-corrected chi connectivity index (χ1v) is 13.6. The Morgan fingerprint density at radius 1 is 1.00 bits per heavy atom. The molecule has 1 unspecified atom stereocenters. The smallest absolute Gasteiger partial charge is 0.251 e. The summed E-state index contributed by atoms with van der Waals surface area (Å²) in [6.45, 7) is 5.27. The maximum absolute atomic E-state index is 13.3. The molecule has 2 aliphatic rings. The lowest BCUT2D eigenvalue weighted by molar-refractivity contribution is 0.0936. The SMILES string of the molecule is COc1ccccc1C(CNC(=O)c1cc(S(=O)(=O)N2CCCCC2)ccc1C)N1CCCC1. The zero-order valence-electron chi connectivity index (χ0n) is 20.1. The van der Waals surface area contributed by atoms with Crippen LogP contribution in [0.3, 0.4) is 0 Å². The van der Waals surface area contributed by atoms with Gasteiger partial charge in [-0.25, -0.2) is 8.42 Å². The number of nitrogens with one attached hydrogen (secondary N) is 1. The highest BCUT2D eigenvalue weighted by atomic mass is 32.2. The van der Waals surface area contributed by atoms with E-state index in [4.69, 9.17) is 4.74 Å². The van der Waals surface area contributed by atoms with Gasteiger partial charge in [0.2, 0.25) is 10.0 Å². The molecule has 2 heterocycles. The number of hydrogen-bond donors (Lipinski definition) is 1. The van der Waals surface area contributed by atoms with Gasteiger partial charge in [0.25, 0.3) is 5.91 Å². The van der Waals surface area contributed by atoms with E-state index in [1.54, 1.807) is 19.2 Å². The van der Waals surface area contributed by atoms with Gasteiger partial charge in [0.1, 0.15) is 5.75 Å². The van der Waals surface area contributed by atoms with Gasteiger partial charge >= 0.3 is 0 Å². The topological polar surface area (TPSA) is 78.9 Å². The van der Waals surface area contributed by atoms with Gasteiger partial charge in [-0.2, -0.15) is 4.31 Å². The number of carbonyl (C=O) groups excluding carboxylic acids is 1. The van der Waals surface area contributed by atoms with E-state index in [1.165, 1.54) is 10.4 Å². The van der Waals surface area contributed by atoms with Gasteiger partial charge in [-0.3, -0.25) is 9.69 Å². The van der Waals surface area contributed by atoms with E-state index < -0.39 is 10.0 Å². The van der Waals surface area contributed by atoms with Crippen LogP contribution in [0.2, 0.25) is 0 Å². The molecule has 0 aliphatic carbocycles. The molecule has 1 N–H and O–H groups in total. The Labute approximate surface area is 203 Å². The zero-order chi connectivity index (χ0) is 24.1. The predicted molar refractivity (Wildman–Crippen MR) is 133 cm³/mol. The number of ether oxygens (including phenoxy) is 1. The van der Waals surface area contributed by atoms with Crippen LogP contribution in [0.5, 0.6) is 5.75 Å². The van der Waals surface area contributed by atoms with Crippen LogP contribution >= 0.6 is 0 Å². The van der Waals surface area contributed by atoms with Crippen LogP contribution in [-0.2, 0) is 10.0 Å². The van der Waals surface area contributed by atoms with E-state index in [9.17, 15) is 13.2 Å². The molecule has 4 rings (SSSR count). The Kier molecular flexibility index (Phi) is 7.91. The third-order valence-electron chi connectivity index (χ3n) is 6.94. The van der Waals surface area contributed by atoms with Crippen molar-refractivity contribution >= 4 is 15.9 Å². The third kappa shape index (κ3) is 5.29. The van der Waals surface area contributed by atoms with Crippen LogP contribution in [0.4, 0.5) is 0 Å². The van der Waals surface area contributed by atoms with Crippen molar-refractivity contribution < 1.29 is 17.9 Å². The van der Waals surface area contributed by atoms with Gasteiger partial charge in [0, 0.05) is 30.8 Å². The summed E-state index contributed by atoms with van der Waals surface area (Å²) in [6, 6.07) is 12.8. The second-order valence-corrected chi connectivity index (χ2v) is 11.1. The molecule has 0 bridgehead atoms. The van der Waals surface area contributed by atoms with Crippen LogP contribution in [0.1, 0.15) is 59.6 Å². The fourth-order valence-electron chi connectivity index (χ4n) is 4.98. The summed E-state index contributed by atoms with van der Waals surface area (Å²) in [4.78, 5) is 15.8. The van der Waals surface area contributed by atoms with Crippen molar-refractivity contribution in [1.29, 1.82) is 0 Å². The quantitative estimate of drug-likeness (QED) is 0.616. The highest BCUT2D eigenvalue weighted by molar-refractivity contribution is 7.89. The standard InChI is InChI=1S/C26H35N3O4S/c1-20-12-13-21(34(31,32)29-16-6-3-7-17-29)18-23(20)26(30)27-19-24(28-14-8-9-15-28)22-10-4-5-11-25(22)33-2/h4-5,10-13,18,24H,3,6-9,14-17,19H2,1-2H3,(H,27,30). The van der Waals surface area contributed by atoms with E-state index in [-0.39, 0.29) is 16.8 Å². The molecule has 1 amide bonds. The fourth-order valence-corrected chi connectivity index (χ4v) is 6.52. The normalized spacial score (nSPS) is 18.5. The van der Waals surface area contributed by atoms with Crippen LogP contribution in [-0.4, -0.2) is 63.4 Å². The summed E-state index contributed by atoms with van der Waals surface area (Å²) >= 11 is 0. The van der Waals surface area contributed by atoms with Gasteiger partial charge in [0.05, 0.1) is 18.0 Å². The summed E-state index contributed by atoms with van der Waals surface area (Å²) in [6.07, 6.45) is 5.07. The van der Waals surface area contributed by atoms with Crippen LogP contribution < -0.4 is 10.1 Å². The van der Waals surface area contributed by atoms with Crippen LogP contribution in [0.15, 0.2) is 47.4 Å². The summed E-state index contributed by atoms with van der Waals surface area (Å²) in [7, 11) is -1.94. The molecule has 8 heteroatoms. The van der Waals surface area contributed by atoms with Crippen molar-refractivity contribution in [1.82, 2.24) is 14.5 Å². The van der Waals surface area contributed by atoms with Gasteiger partial charge in [0.15, 0.2) is 0 Å². The van der Waals surface area contributed by atoms with Crippen molar-refractivity contribution in [2.24, 2.45) is 0 Å². The van der Waals surface area contributed by atoms with E-state index in [0.717, 1.165) is 62.1 Å². The number of hydrogen-bond acceptors (Lipinski definition) is 5. The van der Waals surface area contributed by atoms with Gasteiger partial charge in [-0.15, -0.1) is 0 Å². The minimum atomic E-state index is -3.60. The first kappa shape index (κ1) is 24.7. The molecule has 0 saturated carbocycles. The summed E-state index contributed by atoms with van der Waals surface area (Å²) in [5, 5.41) is 3.08. The molecule has 2 aliphatic heterocycles. The maximum Gasteiger partial charge on any atom is 0.251 e. The number of carbonyl (C=O) groups is 1. The molecule has 34 heavy (non-hydrogen) atoms. The van der Waals surface area contributed by atoms with Crippen LogP contribution in [0, 0.1) is 6.92 Å². The molecule has 1 atom stereocenters. The lowest BCUT2D eigenvalue weighted by Gasteiger charge is -2.29. The number of rotatable bonds is 8. The predicted octanol–water partition coefficient (Wildman–Crippen LogP) is 3.75. The van der Waals surface area contributed by atoms with Crippen LogP contribution in [0.25, 0.3) is 0 Å². The van der Waals surface area contributed by atoms with E-state index in [0.29, 0.717) is 25.2 Å². The third-order valence-corrected chi connectivity index (χ3v) is 8.84. The first-order chi connectivity index (χ1) is 16.4. The van der Waals surface area contributed by atoms with Gasteiger partial charge in [-0.05, 0) is 69.5 Å². The molecule has 0 radical (unpaired) electrons. The van der Waals surface area contributed by atoms with Gasteiger partial charge in [-0.1, -0.05) is 30.7 Å². The fraction of sp³-hybridized carbons (Fsp3) is 0.500. The number of amides is 1. The Balaban J connectivity index is 1.55. The average molecular weight is 486 g/mol. The highest BCUT2D eigenvalue weighted by Crippen LogP contribution is 2.31. The number of aryl methyl sites for hydroxylation is 1. The Hall–Kier alpha value is -2.42. The highest BCUT2D eigenvalue weighted by Gasteiger charge is 2.29. The Morgan fingerprint density at radius 3 is 2.38 bits per heavy atom. The molecule has 0 spiro atoms.